The molecule has 1 aliphatic rings. The normalized spacial score (nSPS) is 21.1. The molecular formula is C7H9BClN3O. The molecule has 0 saturated heterocycles. The van der Waals surface area contributed by atoms with Gasteiger partial charge < -0.3 is 5.32 Å². The first-order valence-electron chi connectivity index (χ1n) is 4.14. The zero-order valence-corrected chi connectivity index (χ0v) is 8.22. The van der Waals surface area contributed by atoms with E-state index in [1.165, 1.54) is 0 Å². The van der Waals surface area contributed by atoms with Crippen molar-refractivity contribution >= 4 is 30.9 Å². The number of aromatic nitrogens is 2. The summed E-state index contributed by atoms with van der Waals surface area (Å²) in [5.41, 5.74) is 1.19. The van der Waals surface area contributed by atoms with Crippen LogP contribution in [0.1, 0.15) is 23.5 Å². The van der Waals surface area contributed by atoms with Crippen molar-refractivity contribution in [3.8, 4) is 0 Å². The van der Waals surface area contributed by atoms with Crippen molar-refractivity contribution in [1.82, 2.24) is 15.1 Å². The minimum atomic E-state index is -0.135. The van der Waals surface area contributed by atoms with Crippen molar-refractivity contribution in [2.24, 2.45) is 0 Å². The third-order valence-corrected chi connectivity index (χ3v) is 2.66. The molecule has 1 aliphatic heterocycles. The lowest BCUT2D eigenvalue weighted by molar-refractivity contribution is 0.0913. The van der Waals surface area contributed by atoms with Crippen LogP contribution in [-0.2, 0) is 0 Å². The number of nitrogens with zero attached hydrogens (tertiary/aromatic N) is 2. The van der Waals surface area contributed by atoms with E-state index in [4.69, 9.17) is 11.6 Å². The number of hydrogen-bond donors (Lipinski definition) is 1. The summed E-state index contributed by atoms with van der Waals surface area (Å²) in [5, 5.41) is 7.43. The number of carbonyl (C=O) groups is 1. The Balaban J connectivity index is 2.63. The van der Waals surface area contributed by atoms with E-state index in [0.29, 0.717) is 22.9 Å². The van der Waals surface area contributed by atoms with Crippen molar-refractivity contribution in [3.05, 3.63) is 10.7 Å². The van der Waals surface area contributed by atoms with Gasteiger partial charge in [0, 0.05) is 12.1 Å². The summed E-state index contributed by atoms with van der Waals surface area (Å²) in [7, 11) is 1.80. The van der Waals surface area contributed by atoms with Crippen LogP contribution in [0.3, 0.4) is 0 Å². The van der Waals surface area contributed by atoms with Gasteiger partial charge >= 0.3 is 0 Å². The van der Waals surface area contributed by atoms with Gasteiger partial charge in [-0.3, -0.25) is 9.48 Å². The molecule has 0 fully saturated rings. The summed E-state index contributed by atoms with van der Waals surface area (Å²) in [6.07, 6.45) is 0. The van der Waals surface area contributed by atoms with Crippen molar-refractivity contribution < 1.29 is 4.79 Å². The van der Waals surface area contributed by atoms with Crippen LogP contribution in [0.15, 0.2) is 0 Å². The molecule has 2 heterocycles. The minimum Gasteiger partial charge on any atom is -0.349 e. The Bertz CT molecular complexity index is 376. The van der Waals surface area contributed by atoms with Crippen LogP contribution < -0.4 is 10.9 Å². The number of carbonyl (C=O) groups excluding carboxylic acids is 1. The van der Waals surface area contributed by atoms with Gasteiger partial charge in [-0.15, -0.1) is 0 Å². The van der Waals surface area contributed by atoms with Crippen LogP contribution in [0, 0.1) is 0 Å². The highest BCUT2D eigenvalue weighted by Gasteiger charge is 2.27. The molecule has 2 rings (SSSR count). The molecule has 0 spiro atoms. The van der Waals surface area contributed by atoms with Crippen LogP contribution in [0.5, 0.6) is 0 Å². The fraction of sp³-hybridized carbons (Fsp3) is 0.429. The minimum absolute atomic E-state index is 0.135. The second kappa shape index (κ2) is 2.77. The quantitative estimate of drug-likeness (QED) is 0.548. The van der Waals surface area contributed by atoms with E-state index in [9.17, 15) is 4.79 Å². The van der Waals surface area contributed by atoms with Crippen LogP contribution >= 0.6 is 11.6 Å². The van der Waals surface area contributed by atoms with Crippen LogP contribution in [-0.4, -0.2) is 30.1 Å². The molecule has 0 radical (unpaired) electrons. The standard InChI is InChI=1S/C7H9BClN3O/c1-3-2-10-7(13)5-4(9)6(8)11-12(3)5/h3H,2,8H2,1H3,(H,10,13)/t3-/m1/s1. The molecule has 1 amide bonds. The van der Waals surface area contributed by atoms with E-state index < -0.39 is 0 Å². The lowest BCUT2D eigenvalue weighted by Crippen LogP contribution is -2.38. The predicted molar refractivity (Wildman–Crippen MR) is 52.5 cm³/mol. The van der Waals surface area contributed by atoms with E-state index >= 15 is 0 Å². The monoisotopic (exact) mass is 197 g/mol. The Morgan fingerprint density at radius 3 is 3.08 bits per heavy atom. The molecule has 13 heavy (non-hydrogen) atoms. The zero-order chi connectivity index (χ0) is 9.59. The largest absolute Gasteiger partial charge is 0.349 e. The van der Waals surface area contributed by atoms with Gasteiger partial charge in [0.05, 0.1) is 11.1 Å². The number of hydrogen-bond acceptors (Lipinski definition) is 2. The Kier molecular flexibility index (Phi) is 1.84. The number of halogens is 1. The fourth-order valence-electron chi connectivity index (χ4n) is 1.46. The van der Waals surface area contributed by atoms with Gasteiger partial charge in [-0.2, -0.15) is 5.10 Å². The highest BCUT2D eigenvalue weighted by molar-refractivity contribution is 6.45. The van der Waals surface area contributed by atoms with Gasteiger partial charge in [-0.05, 0) is 6.92 Å². The first kappa shape index (κ1) is 8.63. The molecule has 1 N–H and O–H groups in total. The van der Waals surface area contributed by atoms with Crippen molar-refractivity contribution in [3.63, 3.8) is 0 Å². The first-order valence-corrected chi connectivity index (χ1v) is 4.52. The smallest absolute Gasteiger partial charge is 0.271 e. The van der Waals surface area contributed by atoms with E-state index in [0.717, 1.165) is 0 Å². The fourth-order valence-corrected chi connectivity index (χ4v) is 1.67. The van der Waals surface area contributed by atoms with Gasteiger partial charge in [0.15, 0.2) is 7.85 Å². The molecule has 68 valence electrons. The molecule has 1 aromatic heterocycles. The molecule has 1 atom stereocenters. The van der Waals surface area contributed by atoms with Crippen molar-refractivity contribution in [2.75, 3.05) is 6.54 Å². The van der Waals surface area contributed by atoms with Gasteiger partial charge in [-0.1, -0.05) is 11.6 Å². The highest BCUT2D eigenvalue weighted by Crippen LogP contribution is 2.19. The Labute approximate surface area is 81.7 Å². The van der Waals surface area contributed by atoms with Crippen LogP contribution in [0.25, 0.3) is 0 Å². The highest BCUT2D eigenvalue weighted by atomic mass is 35.5. The molecule has 4 nitrogen and oxygen atoms in total. The van der Waals surface area contributed by atoms with Crippen molar-refractivity contribution in [2.45, 2.75) is 13.0 Å². The van der Waals surface area contributed by atoms with Gasteiger partial charge in [0.1, 0.15) is 5.69 Å². The summed E-state index contributed by atoms with van der Waals surface area (Å²) in [5.74, 6) is -0.135. The molecule has 6 heteroatoms. The maximum atomic E-state index is 11.4. The molecule has 0 unspecified atom stereocenters. The number of nitrogens with one attached hydrogen (secondary N) is 1. The van der Waals surface area contributed by atoms with Gasteiger partial charge in [0.25, 0.3) is 5.91 Å². The predicted octanol–water partition coefficient (Wildman–Crippen LogP) is -0.901. The zero-order valence-electron chi connectivity index (χ0n) is 7.47. The third-order valence-electron chi connectivity index (χ3n) is 2.20. The topological polar surface area (TPSA) is 46.9 Å². The van der Waals surface area contributed by atoms with Crippen LogP contribution in [0.2, 0.25) is 5.02 Å². The summed E-state index contributed by atoms with van der Waals surface area (Å²) in [4.78, 5) is 11.4. The van der Waals surface area contributed by atoms with E-state index in [1.807, 2.05) is 6.92 Å². The van der Waals surface area contributed by atoms with Crippen molar-refractivity contribution in [1.29, 1.82) is 0 Å². The second-order valence-corrected chi connectivity index (χ2v) is 3.63. The van der Waals surface area contributed by atoms with E-state index in [1.54, 1.807) is 12.5 Å². The lowest BCUT2D eigenvalue weighted by Gasteiger charge is -2.21. The van der Waals surface area contributed by atoms with E-state index in [2.05, 4.69) is 10.4 Å². The lowest BCUT2D eigenvalue weighted by atomic mass is 10.0. The molecule has 0 bridgehead atoms. The molecule has 0 aliphatic carbocycles. The molecule has 1 aromatic rings. The average Bonchev–Trinajstić information content (AvgIpc) is 2.38. The molecule has 0 saturated carbocycles. The van der Waals surface area contributed by atoms with E-state index in [-0.39, 0.29) is 11.9 Å². The maximum Gasteiger partial charge on any atom is 0.271 e. The Morgan fingerprint density at radius 1 is 1.77 bits per heavy atom. The summed E-state index contributed by atoms with van der Waals surface area (Å²) < 4.78 is 1.69. The summed E-state index contributed by atoms with van der Waals surface area (Å²) in [6, 6.07) is 0.180. The molecular weight excluding hydrogens is 188 g/mol. The second-order valence-electron chi connectivity index (χ2n) is 3.25. The Hall–Kier alpha value is -0.965. The first-order chi connectivity index (χ1) is 6.11. The summed E-state index contributed by atoms with van der Waals surface area (Å²) in [6.45, 7) is 2.61. The van der Waals surface area contributed by atoms with Gasteiger partial charge in [0.2, 0.25) is 0 Å². The third kappa shape index (κ3) is 1.15. The number of rotatable bonds is 0. The summed E-state index contributed by atoms with van der Waals surface area (Å²) >= 11 is 5.94. The Morgan fingerprint density at radius 2 is 2.46 bits per heavy atom. The molecule has 0 aromatic carbocycles. The number of amides is 1. The maximum absolute atomic E-state index is 11.4. The average molecular weight is 197 g/mol. The number of fused-ring (bicyclic) bond motifs is 1. The van der Waals surface area contributed by atoms with Gasteiger partial charge in [-0.25, -0.2) is 0 Å². The van der Waals surface area contributed by atoms with Crippen LogP contribution in [0.4, 0.5) is 0 Å². The SMILES string of the molecule is Bc1nn2c(c1Cl)C(=O)NC[C@H]2C.